The molecule has 0 saturated heterocycles. The van der Waals surface area contributed by atoms with Crippen molar-refractivity contribution >= 4 is 17.9 Å². The molecule has 0 aliphatic rings. The third-order valence-electron chi connectivity index (χ3n) is 7.21. The van der Waals surface area contributed by atoms with E-state index in [-0.39, 0.29) is 32.9 Å². The molecular formula is C34H34F9N9O8. The minimum atomic E-state index is -4.79. The van der Waals surface area contributed by atoms with Crippen molar-refractivity contribution < 1.29 is 77.6 Å². The monoisotopic (exact) mass is 867 g/mol. The lowest BCUT2D eigenvalue weighted by Gasteiger charge is -2.11. The maximum absolute atomic E-state index is 13.2. The van der Waals surface area contributed by atoms with Gasteiger partial charge < -0.3 is 23.7 Å². The lowest BCUT2D eigenvalue weighted by Crippen LogP contribution is -2.20. The van der Waals surface area contributed by atoms with Crippen molar-refractivity contribution in [1.29, 1.82) is 0 Å². The lowest BCUT2D eigenvalue weighted by atomic mass is 10.2. The zero-order valence-corrected chi connectivity index (χ0v) is 31.9. The molecule has 0 aliphatic heterocycles. The van der Waals surface area contributed by atoms with Crippen molar-refractivity contribution in [1.82, 2.24) is 45.4 Å². The van der Waals surface area contributed by atoms with Gasteiger partial charge in [-0.1, -0.05) is 34.7 Å². The Morgan fingerprint density at radius 3 is 1.43 bits per heavy atom. The number of halogens is 9. The number of benzene rings is 2. The van der Waals surface area contributed by atoms with Crippen LogP contribution in [0.25, 0.3) is 0 Å². The smallest absolute Gasteiger partial charge is 0.437 e. The van der Waals surface area contributed by atoms with Crippen molar-refractivity contribution in [2.45, 2.75) is 52.4 Å². The Bertz CT molecular complexity index is 2170. The number of nitrogens with one attached hydrogen (secondary N) is 1. The van der Waals surface area contributed by atoms with E-state index in [1.54, 1.807) is 53.7 Å². The molecule has 17 nitrogen and oxygen atoms in total. The third kappa shape index (κ3) is 12.9. The summed E-state index contributed by atoms with van der Waals surface area (Å²) in [5.41, 5.74) is -5.17. The van der Waals surface area contributed by atoms with E-state index >= 15 is 0 Å². The number of ether oxygens (including phenoxy) is 5. The second-order valence-electron chi connectivity index (χ2n) is 11.3. The van der Waals surface area contributed by atoms with Crippen LogP contribution in [-0.2, 0) is 45.8 Å². The Labute approximate surface area is 332 Å². The van der Waals surface area contributed by atoms with Gasteiger partial charge in [-0.05, 0) is 56.2 Å². The van der Waals surface area contributed by atoms with Crippen molar-refractivity contribution in [2.75, 3.05) is 34.0 Å². The zero-order chi connectivity index (χ0) is 44.8. The second-order valence-corrected chi connectivity index (χ2v) is 11.3. The highest BCUT2D eigenvalue weighted by Crippen LogP contribution is 2.33. The molecule has 3 heterocycles. The van der Waals surface area contributed by atoms with E-state index in [1.165, 1.54) is 35.0 Å². The SMILES string of the molecule is CCOC(=O)c1c(C(F)(F)F)nnn1Cc1ccc(OC)cc1.CCOC(=O)c1n[nH]nc1C(F)(F)F.CCOC(=O)c1nnn(Cc2ccc(OC)cc2)c1C(F)(F)F. The zero-order valence-electron chi connectivity index (χ0n) is 31.9. The van der Waals surface area contributed by atoms with Crippen LogP contribution in [0.1, 0.15) is 80.4 Å². The van der Waals surface area contributed by atoms with Gasteiger partial charge in [0.05, 0.1) is 47.1 Å². The summed E-state index contributed by atoms with van der Waals surface area (Å²) in [5, 5.41) is 20.9. The summed E-state index contributed by atoms with van der Waals surface area (Å²) < 4.78 is 140. The summed E-state index contributed by atoms with van der Waals surface area (Å²) in [5.74, 6) is -2.22. The molecule has 0 amide bonds. The van der Waals surface area contributed by atoms with Crippen LogP contribution in [-0.4, -0.2) is 97.3 Å². The molecule has 0 saturated carbocycles. The fourth-order valence-corrected chi connectivity index (χ4v) is 4.64. The highest BCUT2D eigenvalue weighted by Gasteiger charge is 2.43. The van der Waals surface area contributed by atoms with Crippen LogP contribution in [0.3, 0.4) is 0 Å². The van der Waals surface area contributed by atoms with E-state index in [4.69, 9.17) is 9.47 Å². The Morgan fingerprint density at radius 1 is 0.567 bits per heavy atom. The summed E-state index contributed by atoms with van der Waals surface area (Å²) >= 11 is 0. The lowest BCUT2D eigenvalue weighted by molar-refractivity contribution is -0.144. The van der Waals surface area contributed by atoms with E-state index in [0.29, 0.717) is 27.3 Å². The Kier molecular flexibility index (Phi) is 16.5. The van der Waals surface area contributed by atoms with E-state index < -0.39 is 70.6 Å². The number of rotatable bonds is 12. The molecule has 60 heavy (non-hydrogen) atoms. The molecule has 0 radical (unpaired) electrons. The van der Waals surface area contributed by atoms with Crippen LogP contribution in [0, 0.1) is 0 Å². The van der Waals surface area contributed by atoms with E-state index in [0.717, 1.165) is 4.68 Å². The average molecular weight is 868 g/mol. The molecule has 0 unspecified atom stereocenters. The maximum Gasteiger partial charge on any atom is 0.437 e. The molecule has 326 valence electrons. The summed E-state index contributed by atoms with van der Waals surface area (Å²) in [6, 6.07) is 13.1. The van der Waals surface area contributed by atoms with E-state index in [9.17, 15) is 53.9 Å². The van der Waals surface area contributed by atoms with Crippen molar-refractivity contribution in [3.8, 4) is 11.5 Å². The summed E-state index contributed by atoms with van der Waals surface area (Å²) in [4.78, 5) is 34.4. The summed E-state index contributed by atoms with van der Waals surface area (Å²) in [6.07, 6.45) is -14.3. The van der Waals surface area contributed by atoms with Gasteiger partial charge in [-0.2, -0.15) is 49.8 Å². The normalized spacial score (nSPS) is 11.4. The highest BCUT2D eigenvalue weighted by atomic mass is 19.4. The molecule has 2 aromatic carbocycles. The number of hydrogen-bond donors (Lipinski definition) is 1. The van der Waals surface area contributed by atoms with Gasteiger partial charge in [0.15, 0.2) is 11.4 Å². The fraction of sp³-hybridized carbons (Fsp3) is 0.382. The van der Waals surface area contributed by atoms with Gasteiger partial charge in [0, 0.05) is 0 Å². The van der Waals surface area contributed by atoms with Gasteiger partial charge in [0.1, 0.15) is 11.5 Å². The number of carbonyl (C=O) groups excluding carboxylic acids is 3. The average Bonchev–Trinajstić information content (AvgIpc) is 3.96. The maximum atomic E-state index is 13.2. The van der Waals surface area contributed by atoms with Gasteiger partial charge in [-0.15, -0.1) is 15.3 Å². The van der Waals surface area contributed by atoms with Crippen molar-refractivity contribution in [3.63, 3.8) is 0 Å². The van der Waals surface area contributed by atoms with Crippen LogP contribution in [0.15, 0.2) is 48.5 Å². The number of aromatic amines is 1. The minimum absolute atomic E-state index is 0.0248. The van der Waals surface area contributed by atoms with Gasteiger partial charge in [-0.25, -0.2) is 23.7 Å². The quantitative estimate of drug-likeness (QED) is 0.0862. The first-order valence-corrected chi connectivity index (χ1v) is 17.0. The Balaban J connectivity index is 0.000000248. The summed E-state index contributed by atoms with van der Waals surface area (Å²) in [6.45, 7) is 4.10. The second kappa shape index (κ2) is 20.8. The number of esters is 3. The molecule has 0 atom stereocenters. The molecule has 0 fully saturated rings. The molecule has 3 aromatic heterocycles. The number of carbonyl (C=O) groups is 3. The molecule has 0 aliphatic carbocycles. The predicted octanol–water partition coefficient (Wildman–Crippen LogP) is 6.06. The Hall–Kier alpha value is -6.76. The van der Waals surface area contributed by atoms with Gasteiger partial charge in [-0.3, -0.25) is 0 Å². The number of alkyl halides is 9. The van der Waals surface area contributed by atoms with Crippen LogP contribution < -0.4 is 9.47 Å². The molecule has 5 rings (SSSR count). The topological polar surface area (TPSA) is 200 Å². The largest absolute Gasteiger partial charge is 0.497 e. The van der Waals surface area contributed by atoms with Gasteiger partial charge in [0.25, 0.3) is 0 Å². The van der Waals surface area contributed by atoms with E-state index in [2.05, 4.69) is 45.0 Å². The molecule has 5 aromatic rings. The molecular weight excluding hydrogens is 833 g/mol. The Morgan fingerprint density at radius 2 is 1.00 bits per heavy atom. The highest BCUT2D eigenvalue weighted by molar-refractivity contribution is 5.89. The minimum Gasteiger partial charge on any atom is -0.497 e. The van der Waals surface area contributed by atoms with Crippen molar-refractivity contribution in [2.24, 2.45) is 0 Å². The first-order chi connectivity index (χ1) is 28.2. The molecule has 1 N–H and O–H groups in total. The van der Waals surface area contributed by atoms with Crippen LogP contribution in [0.2, 0.25) is 0 Å². The number of methoxy groups -OCH3 is 2. The molecule has 0 bridgehead atoms. The number of hydrogen-bond acceptors (Lipinski definition) is 14. The third-order valence-corrected chi connectivity index (χ3v) is 7.21. The molecule has 0 spiro atoms. The number of nitrogens with zero attached hydrogens (tertiary/aromatic N) is 8. The first-order valence-electron chi connectivity index (χ1n) is 17.0. The standard InChI is InChI=1S/2C14H14F3N3O3.C6H6F3N3O2/c1-3-23-13(21)11-12(14(15,16)17)18-19-20(11)8-9-4-6-10(22-2)7-5-9;1-3-23-13(21)11-12(14(15,16)17)20(19-18-11)8-9-4-6-10(22-2)7-5-9;1-2-14-5(13)3-4(6(7,8)9)11-12-10-3/h2*4-7H,3,8H2,1-2H3;2H2,1H3,(H,10,11,12). The number of H-pyrrole nitrogens is 1. The van der Waals surface area contributed by atoms with Crippen LogP contribution in [0.4, 0.5) is 39.5 Å². The summed E-state index contributed by atoms with van der Waals surface area (Å²) in [7, 11) is 2.99. The van der Waals surface area contributed by atoms with Gasteiger partial charge in [0.2, 0.25) is 22.8 Å². The fourth-order valence-electron chi connectivity index (χ4n) is 4.64. The van der Waals surface area contributed by atoms with Crippen LogP contribution >= 0.6 is 0 Å². The van der Waals surface area contributed by atoms with Gasteiger partial charge >= 0.3 is 36.4 Å². The number of aromatic nitrogens is 9. The molecule has 26 heteroatoms. The van der Waals surface area contributed by atoms with Crippen LogP contribution in [0.5, 0.6) is 11.5 Å². The predicted molar refractivity (Wildman–Crippen MR) is 183 cm³/mol. The van der Waals surface area contributed by atoms with Crippen molar-refractivity contribution in [3.05, 3.63) is 93.8 Å². The first kappa shape index (κ1) is 47.6. The van der Waals surface area contributed by atoms with E-state index in [1.807, 2.05) is 0 Å².